The number of nitrogens with one attached hydrogen (secondary N) is 1. The van der Waals surface area contributed by atoms with Crippen LogP contribution in [0, 0.1) is 5.92 Å². The summed E-state index contributed by atoms with van der Waals surface area (Å²) < 4.78 is 0.861. The van der Waals surface area contributed by atoms with Crippen LogP contribution in [0.4, 0.5) is 10.5 Å². The van der Waals surface area contributed by atoms with E-state index in [0.29, 0.717) is 24.6 Å². The number of carboxylic acids is 1. The van der Waals surface area contributed by atoms with E-state index in [2.05, 4.69) is 28.2 Å². The summed E-state index contributed by atoms with van der Waals surface area (Å²) in [5.41, 5.74) is 0.649. The van der Waals surface area contributed by atoms with Crippen LogP contribution >= 0.6 is 15.9 Å². The molecule has 2 unspecified atom stereocenters. The SMILES string of the molecule is CCC1CCN(C(=O)Nc2cccc(Br)c2)C(C(=O)O)C1. The van der Waals surface area contributed by atoms with Gasteiger partial charge in [0.2, 0.25) is 0 Å². The minimum absolute atomic E-state index is 0.352. The maximum Gasteiger partial charge on any atom is 0.326 e. The molecule has 1 aromatic carbocycles. The number of urea groups is 1. The van der Waals surface area contributed by atoms with Crippen molar-refractivity contribution in [3.63, 3.8) is 0 Å². The molecule has 1 aliphatic rings. The molecule has 0 bridgehead atoms. The fourth-order valence-corrected chi connectivity index (χ4v) is 3.05. The first-order chi connectivity index (χ1) is 10.0. The van der Waals surface area contributed by atoms with Crippen molar-refractivity contribution in [2.45, 2.75) is 32.2 Å². The maximum absolute atomic E-state index is 12.3. The molecule has 1 fully saturated rings. The number of likely N-dealkylation sites (tertiary alicyclic amines) is 1. The lowest BCUT2D eigenvalue weighted by Gasteiger charge is -2.36. The van der Waals surface area contributed by atoms with Crippen molar-refractivity contribution in [1.29, 1.82) is 0 Å². The molecule has 5 nitrogen and oxygen atoms in total. The Morgan fingerprint density at radius 2 is 2.24 bits per heavy atom. The Morgan fingerprint density at radius 1 is 1.48 bits per heavy atom. The highest BCUT2D eigenvalue weighted by atomic mass is 79.9. The van der Waals surface area contributed by atoms with Gasteiger partial charge >= 0.3 is 12.0 Å². The molecule has 6 heteroatoms. The minimum Gasteiger partial charge on any atom is -0.480 e. The molecule has 114 valence electrons. The number of anilines is 1. The van der Waals surface area contributed by atoms with E-state index >= 15 is 0 Å². The molecule has 0 spiro atoms. The van der Waals surface area contributed by atoms with Gasteiger partial charge in [0.25, 0.3) is 0 Å². The smallest absolute Gasteiger partial charge is 0.326 e. The Balaban J connectivity index is 2.08. The molecule has 2 amide bonds. The summed E-state index contributed by atoms with van der Waals surface area (Å²) in [6, 6.07) is 6.15. The molecule has 0 aromatic heterocycles. The molecular weight excluding hydrogens is 336 g/mol. The Hall–Kier alpha value is -1.56. The van der Waals surface area contributed by atoms with Crippen molar-refractivity contribution in [2.75, 3.05) is 11.9 Å². The Labute approximate surface area is 132 Å². The van der Waals surface area contributed by atoms with Crippen LogP contribution in [0.2, 0.25) is 0 Å². The van der Waals surface area contributed by atoms with E-state index < -0.39 is 12.0 Å². The van der Waals surface area contributed by atoms with Gasteiger partial charge < -0.3 is 15.3 Å². The van der Waals surface area contributed by atoms with Gasteiger partial charge in [-0.3, -0.25) is 0 Å². The quantitative estimate of drug-likeness (QED) is 0.871. The molecule has 1 heterocycles. The Kier molecular flexibility index (Phi) is 5.22. The average Bonchev–Trinajstić information content (AvgIpc) is 2.46. The largest absolute Gasteiger partial charge is 0.480 e. The summed E-state index contributed by atoms with van der Waals surface area (Å²) in [7, 11) is 0. The topological polar surface area (TPSA) is 69.6 Å². The van der Waals surface area contributed by atoms with Crippen LogP contribution in [0.25, 0.3) is 0 Å². The fourth-order valence-electron chi connectivity index (χ4n) is 2.65. The van der Waals surface area contributed by atoms with Gasteiger partial charge in [-0.25, -0.2) is 9.59 Å². The zero-order valence-corrected chi connectivity index (χ0v) is 13.5. The third-order valence-corrected chi connectivity index (χ3v) is 4.40. The maximum atomic E-state index is 12.3. The number of halogens is 1. The first-order valence-corrected chi connectivity index (χ1v) is 7.86. The summed E-state index contributed by atoms with van der Waals surface area (Å²) in [4.78, 5) is 25.2. The summed E-state index contributed by atoms with van der Waals surface area (Å²) in [5.74, 6) is -0.557. The van der Waals surface area contributed by atoms with Crippen molar-refractivity contribution in [3.8, 4) is 0 Å². The highest BCUT2D eigenvalue weighted by molar-refractivity contribution is 9.10. The second-order valence-electron chi connectivity index (χ2n) is 5.29. The normalized spacial score (nSPS) is 21.9. The van der Waals surface area contributed by atoms with Crippen molar-refractivity contribution in [2.24, 2.45) is 5.92 Å². The molecular formula is C15H19BrN2O3. The number of carbonyl (C=O) groups excluding carboxylic acids is 1. The molecule has 0 saturated carbocycles. The van der Waals surface area contributed by atoms with Gasteiger partial charge in [-0.2, -0.15) is 0 Å². The summed E-state index contributed by atoms with van der Waals surface area (Å²) in [6.45, 7) is 2.54. The lowest BCUT2D eigenvalue weighted by molar-refractivity contribution is -0.143. The van der Waals surface area contributed by atoms with E-state index in [1.165, 1.54) is 4.90 Å². The van der Waals surface area contributed by atoms with Crippen LogP contribution in [0.5, 0.6) is 0 Å². The number of hydrogen-bond donors (Lipinski definition) is 2. The van der Waals surface area contributed by atoms with Gasteiger partial charge in [0, 0.05) is 16.7 Å². The lowest BCUT2D eigenvalue weighted by Crippen LogP contribution is -2.51. The average molecular weight is 355 g/mol. The monoisotopic (exact) mass is 354 g/mol. The van der Waals surface area contributed by atoms with E-state index in [4.69, 9.17) is 0 Å². The second-order valence-corrected chi connectivity index (χ2v) is 6.20. The van der Waals surface area contributed by atoms with Gasteiger partial charge in [0.05, 0.1) is 0 Å². The van der Waals surface area contributed by atoms with Gasteiger partial charge in [-0.1, -0.05) is 35.3 Å². The molecule has 0 aliphatic carbocycles. The van der Waals surface area contributed by atoms with Gasteiger partial charge in [-0.15, -0.1) is 0 Å². The number of rotatable bonds is 3. The number of carbonyl (C=O) groups is 2. The highest BCUT2D eigenvalue weighted by Gasteiger charge is 2.35. The predicted octanol–water partition coefficient (Wildman–Crippen LogP) is 3.56. The number of hydrogen-bond acceptors (Lipinski definition) is 2. The third-order valence-electron chi connectivity index (χ3n) is 3.91. The third kappa shape index (κ3) is 3.97. The van der Waals surface area contributed by atoms with Crippen molar-refractivity contribution >= 4 is 33.6 Å². The van der Waals surface area contributed by atoms with E-state index in [1.807, 2.05) is 12.1 Å². The van der Waals surface area contributed by atoms with Gasteiger partial charge in [0.1, 0.15) is 6.04 Å². The first-order valence-electron chi connectivity index (χ1n) is 7.07. The molecule has 2 atom stereocenters. The minimum atomic E-state index is -0.933. The fraction of sp³-hybridized carbons (Fsp3) is 0.467. The van der Waals surface area contributed by atoms with Crippen LogP contribution in [0.1, 0.15) is 26.2 Å². The number of aliphatic carboxylic acids is 1. The molecule has 1 aromatic rings. The molecule has 0 radical (unpaired) electrons. The van der Waals surface area contributed by atoms with Crippen molar-refractivity contribution in [3.05, 3.63) is 28.7 Å². The highest BCUT2D eigenvalue weighted by Crippen LogP contribution is 2.26. The summed E-state index contributed by atoms with van der Waals surface area (Å²) in [5, 5.41) is 12.1. The van der Waals surface area contributed by atoms with E-state index in [1.54, 1.807) is 12.1 Å². The first kappa shape index (κ1) is 15.8. The summed E-state index contributed by atoms with van der Waals surface area (Å²) in [6.07, 6.45) is 2.33. The number of carboxylic acid groups (broad SMARTS) is 1. The van der Waals surface area contributed by atoms with Crippen LogP contribution < -0.4 is 5.32 Å². The Bertz CT molecular complexity index is 535. The molecule has 21 heavy (non-hydrogen) atoms. The van der Waals surface area contributed by atoms with Gasteiger partial charge in [-0.05, 0) is 37.0 Å². The van der Waals surface area contributed by atoms with Crippen LogP contribution in [-0.4, -0.2) is 34.6 Å². The van der Waals surface area contributed by atoms with E-state index in [9.17, 15) is 14.7 Å². The molecule has 2 N–H and O–H groups in total. The molecule has 1 aliphatic heterocycles. The number of benzene rings is 1. The van der Waals surface area contributed by atoms with Crippen LogP contribution in [0.15, 0.2) is 28.7 Å². The lowest BCUT2D eigenvalue weighted by atomic mass is 9.89. The number of amides is 2. The zero-order valence-electron chi connectivity index (χ0n) is 11.9. The van der Waals surface area contributed by atoms with E-state index in [0.717, 1.165) is 17.3 Å². The van der Waals surface area contributed by atoms with E-state index in [-0.39, 0.29) is 6.03 Å². The second kappa shape index (κ2) is 6.93. The Morgan fingerprint density at radius 3 is 2.86 bits per heavy atom. The van der Waals surface area contributed by atoms with Crippen molar-refractivity contribution < 1.29 is 14.7 Å². The van der Waals surface area contributed by atoms with Gasteiger partial charge in [0.15, 0.2) is 0 Å². The molecule has 2 rings (SSSR count). The summed E-state index contributed by atoms with van der Waals surface area (Å²) >= 11 is 3.34. The van der Waals surface area contributed by atoms with Crippen LogP contribution in [0.3, 0.4) is 0 Å². The number of piperidine rings is 1. The number of nitrogens with zero attached hydrogens (tertiary/aromatic N) is 1. The van der Waals surface area contributed by atoms with Crippen molar-refractivity contribution in [1.82, 2.24) is 4.90 Å². The molecule has 1 saturated heterocycles. The van der Waals surface area contributed by atoms with Crippen LogP contribution in [-0.2, 0) is 4.79 Å². The standard InChI is InChI=1S/C15H19BrN2O3/c1-2-10-6-7-18(13(8-10)14(19)20)15(21)17-12-5-3-4-11(16)9-12/h3-5,9-10,13H,2,6-8H2,1H3,(H,17,21)(H,19,20). The zero-order chi connectivity index (χ0) is 15.4. The predicted molar refractivity (Wildman–Crippen MR) is 84.3 cm³/mol.